The van der Waals surface area contributed by atoms with Crippen LogP contribution in [0.1, 0.15) is 85.4 Å². The summed E-state index contributed by atoms with van der Waals surface area (Å²) in [7, 11) is 0. The lowest BCUT2D eigenvalue weighted by Crippen LogP contribution is -2.06. The summed E-state index contributed by atoms with van der Waals surface area (Å²) in [5.74, 6) is 0.342. The van der Waals surface area contributed by atoms with Crippen molar-refractivity contribution in [3.8, 4) is 5.75 Å². The average Bonchev–Trinajstić information content (AvgIpc) is 2.65. The van der Waals surface area contributed by atoms with Gasteiger partial charge in [-0.1, -0.05) is 92.3 Å². The highest BCUT2D eigenvalue weighted by Crippen LogP contribution is 2.21. The second-order valence-corrected chi connectivity index (χ2v) is 7.40. The van der Waals surface area contributed by atoms with E-state index in [-0.39, 0.29) is 7.43 Å². The molecular weight excluding hydrogens is 328 g/mol. The molecule has 1 heteroatoms. The number of phenols is 1. The van der Waals surface area contributed by atoms with Crippen LogP contribution in [-0.4, -0.2) is 5.11 Å². The molecule has 0 unspecified atom stereocenters. The van der Waals surface area contributed by atoms with Gasteiger partial charge >= 0.3 is 0 Å². The van der Waals surface area contributed by atoms with Crippen molar-refractivity contribution in [2.24, 2.45) is 5.41 Å². The molecule has 27 heavy (non-hydrogen) atoms. The molecule has 0 aromatic heterocycles. The van der Waals surface area contributed by atoms with Crippen LogP contribution in [0, 0.1) is 5.41 Å². The summed E-state index contributed by atoms with van der Waals surface area (Å²) in [6, 6.07) is 16.6. The maximum Gasteiger partial charge on any atom is 0.115 e. The Kier molecular flexibility index (Phi) is 15.6. The molecule has 1 N–H and O–H groups in total. The van der Waals surface area contributed by atoms with Crippen LogP contribution >= 0.6 is 0 Å². The van der Waals surface area contributed by atoms with Crippen molar-refractivity contribution in [3.63, 3.8) is 0 Å². The highest BCUT2D eigenvalue weighted by Gasteiger charge is 2.09. The van der Waals surface area contributed by atoms with Crippen LogP contribution in [0.2, 0.25) is 0 Å². The van der Waals surface area contributed by atoms with E-state index < -0.39 is 0 Å². The first-order valence-corrected chi connectivity index (χ1v) is 10.3. The third kappa shape index (κ3) is 13.1. The van der Waals surface area contributed by atoms with E-state index in [1.807, 2.05) is 39.8 Å². The fraction of sp³-hybridized carbons (Fsp3) is 0.538. The Morgan fingerprint density at radius 2 is 0.963 bits per heavy atom. The zero-order valence-corrected chi connectivity index (χ0v) is 18.1. The minimum atomic E-state index is 0. The third-order valence-electron chi connectivity index (χ3n) is 4.05. The Bertz CT molecular complexity index is 559. The summed E-state index contributed by atoms with van der Waals surface area (Å²) >= 11 is 0. The Morgan fingerprint density at radius 1 is 0.630 bits per heavy atom. The predicted molar refractivity (Wildman–Crippen MR) is 124 cm³/mol. The second kappa shape index (κ2) is 15.3. The molecule has 0 bridgehead atoms. The Balaban J connectivity index is 0. The number of hydrogen-bond donors (Lipinski definition) is 1. The van der Waals surface area contributed by atoms with E-state index in [1.165, 1.54) is 23.1 Å². The smallest absolute Gasteiger partial charge is 0.115 e. The third-order valence-corrected chi connectivity index (χ3v) is 4.05. The zero-order valence-electron chi connectivity index (χ0n) is 18.1. The van der Waals surface area contributed by atoms with Gasteiger partial charge in [0.2, 0.25) is 0 Å². The quantitative estimate of drug-likeness (QED) is 0.541. The summed E-state index contributed by atoms with van der Waals surface area (Å²) in [5.41, 5.74) is 4.55. The van der Waals surface area contributed by atoms with Gasteiger partial charge < -0.3 is 5.11 Å². The molecule has 1 nitrogen and oxygen atoms in total. The van der Waals surface area contributed by atoms with Crippen molar-refractivity contribution >= 4 is 0 Å². The number of hydrogen-bond acceptors (Lipinski definition) is 1. The molecule has 0 saturated heterocycles. The minimum Gasteiger partial charge on any atom is -0.508 e. The van der Waals surface area contributed by atoms with Gasteiger partial charge in [0.05, 0.1) is 0 Å². The molecule has 0 fully saturated rings. The van der Waals surface area contributed by atoms with Gasteiger partial charge in [-0.2, -0.15) is 0 Å². The molecular formula is C26H44O. The van der Waals surface area contributed by atoms with Crippen molar-refractivity contribution in [2.75, 3.05) is 0 Å². The van der Waals surface area contributed by atoms with Crippen molar-refractivity contribution in [1.82, 2.24) is 0 Å². The lowest BCUT2D eigenvalue weighted by molar-refractivity contribution is 0.378. The number of phenolic OH excluding ortho intramolecular Hbond substituents is 1. The predicted octanol–water partition coefficient (Wildman–Crippen LogP) is 8.23. The number of aromatic hydroxyl groups is 1. The summed E-state index contributed by atoms with van der Waals surface area (Å²) in [6.45, 7) is 14.9. The van der Waals surface area contributed by atoms with Gasteiger partial charge in [-0.25, -0.2) is 0 Å². The fourth-order valence-corrected chi connectivity index (χ4v) is 2.55. The summed E-state index contributed by atoms with van der Waals surface area (Å²) in [5, 5.41) is 9.28. The molecule has 0 aliphatic rings. The molecule has 154 valence electrons. The summed E-state index contributed by atoms with van der Waals surface area (Å²) in [6.07, 6.45) is 5.71. The van der Waals surface area contributed by atoms with E-state index in [4.69, 9.17) is 0 Å². The van der Waals surface area contributed by atoms with Crippen molar-refractivity contribution in [2.45, 2.75) is 88.0 Å². The molecule has 0 spiro atoms. The van der Waals surface area contributed by atoms with Gasteiger partial charge in [0.25, 0.3) is 0 Å². The molecule has 0 aliphatic carbocycles. The molecule has 2 aromatic rings. The highest BCUT2D eigenvalue weighted by atomic mass is 16.3. The number of aryl methyl sites for hydroxylation is 3. The van der Waals surface area contributed by atoms with Crippen LogP contribution in [0.15, 0.2) is 48.5 Å². The zero-order chi connectivity index (χ0) is 20.0. The largest absolute Gasteiger partial charge is 0.508 e. The monoisotopic (exact) mass is 372 g/mol. The first kappa shape index (κ1) is 27.5. The van der Waals surface area contributed by atoms with Crippen molar-refractivity contribution in [3.05, 3.63) is 65.2 Å². The molecule has 0 heterocycles. The molecule has 2 rings (SSSR count). The maximum absolute atomic E-state index is 9.28. The molecule has 0 saturated carbocycles. The van der Waals surface area contributed by atoms with Crippen LogP contribution in [0.25, 0.3) is 0 Å². The molecule has 0 atom stereocenters. The van der Waals surface area contributed by atoms with Gasteiger partial charge in [0.15, 0.2) is 0 Å². The van der Waals surface area contributed by atoms with Crippen LogP contribution in [0.3, 0.4) is 0 Å². The topological polar surface area (TPSA) is 20.2 Å². The van der Waals surface area contributed by atoms with Crippen molar-refractivity contribution in [1.29, 1.82) is 0 Å². The Labute approximate surface area is 169 Å². The fourth-order valence-electron chi connectivity index (χ4n) is 2.55. The van der Waals surface area contributed by atoms with Crippen LogP contribution in [0.4, 0.5) is 0 Å². The number of rotatable bonds is 6. The summed E-state index contributed by atoms with van der Waals surface area (Å²) in [4.78, 5) is 0. The lowest BCUT2D eigenvalue weighted by Gasteiger charge is -2.17. The van der Waals surface area contributed by atoms with E-state index in [0.29, 0.717) is 11.2 Å². The Hall–Kier alpha value is -1.76. The normalized spacial score (nSPS) is 9.89. The molecule has 2 aromatic carbocycles. The molecule has 0 aliphatic heterocycles. The van der Waals surface area contributed by atoms with E-state index >= 15 is 0 Å². The molecule has 0 amide bonds. The minimum absolute atomic E-state index is 0. The van der Waals surface area contributed by atoms with Gasteiger partial charge in [0.1, 0.15) is 5.75 Å². The maximum atomic E-state index is 9.28. The Morgan fingerprint density at radius 3 is 1.33 bits per heavy atom. The van der Waals surface area contributed by atoms with E-state index in [2.05, 4.69) is 45.0 Å². The first-order valence-electron chi connectivity index (χ1n) is 10.3. The van der Waals surface area contributed by atoms with E-state index in [1.54, 1.807) is 12.1 Å². The van der Waals surface area contributed by atoms with Gasteiger partial charge in [-0.15, -0.1) is 0 Å². The lowest BCUT2D eigenvalue weighted by atomic mass is 9.88. The average molecular weight is 373 g/mol. The van der Waals surface area contributed by atoms with E-state index in [9.17, 15) is 5.11 Å². The number of benzene rings is 2. The van der Waals surface area contributed by atoms with Gasteiger partial charge in [-0.3, -0.25) is 0 Å². The van der Waals surface area contributed by atoms with Crippen LogP contribution in [0.5, 0.6) is 5.75 Å². The van der Waals surface area contributed by atoms with Crippen LogP contribution in [-0.2, 0) is 19.3 Å². The van der Waals surface area contributed by atoms with Crippen molar-refractivity contribution < 1.29 is 5.11 Å². The van der Waals surface area contributed by atoms with E-state index in [0.717, 1.165) is 25.7 Å². The van der Waals surface area contributed by atoms with Gasteiger partial charge in [-0.05, 0) is 66.3 Å². The SMILES string of the molecule is C.CC.CC.CC(C)(C)CCc1ccc(CCCc2ccc(O)cc2)cc1. The highest BCUT2D eigenvalue weighted by molar-refractivity contribution is 5.26. The molecule has 0 radical (unpaired) electrons. The van der Waals surface area contributed by atoms with Gasteiger partial charge in [0, 0.05) is 0 Å². The summed E-state index contributed by atoms with van der Waals surface area (Å²) < 4.78 is 0. The second-order valence-electron chi connectivity index (χ2n) is 7.40. The van der Waals surface area contributed by atoms with Crippen LogP contribution < -0.4 is 0 Å². The first-order chi connectivity index (χ1) is 12.4. The standard InChI is InChI=1S/C21H28O.2C2H6.CH4/c1-21(2,3)16-15-19-9-7-17(8-10-19)5-4-6-18-11-13-20(22)14-12-18;2*1-2;/h7-14,22H,4-6,15-16H2,1-3H3;2*1-2H3;1H4.